The average Bonchev–Trinajstić information content (AvgIpc) is 2.21. The Morgan fingerprint density at radius 2 is 1.71 bits per heavy atom. The van der Waals surface area contributed by atoms with Crippen LogP contribution in [0.3, 0.4) is 0 Å². The summed E-state index contributed by atoms with van der Waals surface area (Å²) in [4.78, 5) is 0. The fourth-order valence-corrected chi connectivity index (χ4v) is 1.96. The third kappa shape index (κ3) is 3.50. The molecule has 0 spiro atoms. The quantitative estimate of drug-likeness (QED) is 0.571. The first kappa shape index (κ1) is 11.8. The summed E-state index contributed by atoms with van der Waals surface area (Å²) in [5, 5.41) is 4.37. The smallest absolute Gasteiger partial charge is 0.662 e. The van der Waals surface area contributed by atoms with Crippen molar-refractivity contribution in [3.05, 3.63) is 41.2 Å². The third-order valence-corrected chi connectivity index (χ3v) is 2.76. The summed E-state index contributed by atoms with van der Waals surface area (Å²) in [6.07, 6.45) is 3.82. The molecule has 1 aromatic carbocycles. The maximum atomic E-state index is 4.37. The molecule has 0 aliphatic carbocycles. The number of nitrogens with zero attached hydrogens (tertiary/aromatic N) is 1. The van der Waals surface area contributed by atoms with Gasteiger partial charge in [0.1, 0.15) is 0 Å². The van der Waals surface area contributed by atoms with Gasteiger partial charge in [-0.05, 0) is 17.9 Å². The molecule has 1 fully saturated rings. The topological polar surface area (TPSA) is 14.1 Å². The summed E-state index contributed by atoms with van der Waals surface area (Å²) < 4.78 is 0. The zero-order chi connectivity index (χ0) is 8.93. The van der Waals surface area contributed by atoms with Crippen molar-refractivity contribution in [1.82, 2.24) is 0 Å². The van der Waals surface area contributed by atoms with E-state index in [0.29, 0.717) is 0 Å². The molecule has 0 radical (unpaired) electrons. The number of benzene rings is 1. The number of piperidine rings is 1. The van der Waals surface area contributed by atoms with Crippen LogP contribution in [0.1, 0.15) is 18.4 Å². The van der Waals surface area contributed by atoms with E-state index in [-0.39, 0.29) is 18.9 Å². The minimum atomic E-state index is 0. The van der Waals surface area contributed by atoms with Gasteiger partial charge in [-0.3, -0.25) is 0 Å². The number of rotatable bonds is 2. The zero-order valence-electron chi connectivity index (χ0n) is 8.95. The van der Waals surface area contributed by atoms with Crippen LogP contribution in [0.25, 0.3) is 5.32 Å². The Balaban J connectivity index is 0.000000980. The number of hydrogen-bond donors (Lipinski definition) is 0. The fraction of sp³-hybridized carbons (Fsp3) is 0.500. The molecule has 1 aliphatic rings. The number of hydrogen-bond acceptors (Lipinski definition) is 0. The van der Waals surface area contributed by atoms with Gasteiger partial charge in [0.25, 0.3) is 0 Å². The van der Waals surface area contributed by atoms with Crippen LogP contribution in [0.4, 0.5) is 0 Å². The van der Waals surface area contributed by atoms with Gasteiger partial charge in [0.2, 0.25) is 0 Å². The minimum absolute atomic E-state index is 0. The molecule has 1 heterocycles. The van der Waals surface area contributed by atoms with Gasteiger partial charge in [-0.15, -0.1) is 13.1 Å². The van der Waals surface area contributed by atoms with E-state index in [1.54, 1.807) is 0 Å². The molecule has 0 saturated carbocycles. The van der Waals surface area contributed by atoms with Crippen LogP contribution >= 0.6 is 0 Å². The molecule has 0 N–H and O–H groups in total. The van der Waals surface area contributed by atoms with E-state index in [4.69, 9.17) is 0 Å². The Hall–Kier alpha value is -0.223. The van der Waals surface area contributed by atoms with Crippen molar-refractivity contribution in [3.8, 4) is 0 Å². The molecular formula is C12H16LiN. The van der Waals surface area contributed by atoms with Gasteiger partial charge in [0.15, 0.2) is 0 Å². The Kier molecular flexibility index (Phi) is 5.33. The van der Waals surface area contributed by atoms with Crippen molar-refractivity contribution < 1.29 is 18.9 Å². The van der Waals surface area contributed by atoms with Crippen LogP contribution < -0.4 is 18.9 Å². The van der Waals surface area contributed by atoms with Crippen LogP contribution in [0.15, 0.2) is 30.3 Å². The standard InChI is InChI=1S/C12H16N.Li/c1-2-4-11(5-3-1)10-12-6-8-13-9-7-12;/h1-5,12H,6-10H2;/q-1;+1. The SMILES string of the molecule is [Li+].c1ccc(CC2CC[N-]CC2)cc1. The van der Waals surface area contributed by atoms with Crippen LogP contribution in [0.2, 0.25) is 0 Å². The Bertz CT molecular complexity index is 242. The molecule has 0 aromatic heterocycles. The summed E-state index contributed by atoms with van der Waals surface area (Å²) in [6, 6.07) is 10.8. The van der Waals surface area contributed by atoms with Gasteiger partial charge in [-0.25, -0.2) is 0 Å². The molecule has 0 amide bonds. The van der Waals surface area contributed by atoms with Crippen molar-refractivity contribution in [3.63, 3.8) is 0 Å². The summed E-state index contributed by atoms with van der Waals surface area (Å²) >= 11 is 0. The molecule has 1 aromatic rings. The second kappa shape index (κ2) is 6.30. The minimum Gasteiger partial charge on any atom is -0.662 e. The summed E-state index contributed by atoms with van der Waals surface area (Å²) in [6.45, 7) is 2.16. The van der Waals surface area contributed by atoms with Crippen LogP contribution in [-0.2, 0) is 6.42 Å². The normalized spacial score (nSPS) is 17.4. The van der Waals surface area contributed by atoms with E-state index >= 15 is 0 Å². The van der Waals surface area contributed by atoms with E-state index < -0.39 is 0 Å². The first-order valence-corrected chi connectivity index (χ1v) is 5.12. The largest absolute Gasteiger partial charge is 1.00 e. The maximum absolute atomic E-state index is 4.37. The fourth-order valence-electron chi connectivity index (χ4n) is 1.96. The summed E-state index contributed by atoms with van der Waals surface area (Å²) in [5.41, 5.74) is 1.48. The molecule has 1 saturated heterocycles. The van der Waals surface area contributed by atoms with Gasteiger partial charge in [0.05, 0.1) is 0 Å². The summed E-state index contributed by atoms with van der Waals surface area (Å²) in [7, 11) is 0. The van der Waals surface area contributed by atoms with Crippen molar-refractivity contribution in [2.45, 2.75) is 19.3 Å². The first-order valence-electron chi connectivity index (χ1n) is 5.12. The predicted octanol–water partition coefficient (Wildman–Crippen LogP) is 0.0168. The predicted molar refractivity (Wildman–Crippen MR) is 56.0 cm³/mol. The van der Waals surface area contributed by atoms with Crippen LogP contribution in [0.5, 0.6) is 0 Å². The molecule has 0 bridgehead atoms. The molecule has 14 heavy (non-hydrogen) atoms. The van der Waals surface area contributed by atoms with Crippen molar-refractivity contribution in [1.29, 1.82) is 0 Å². The van der Waals surface area contributed by atoms with Crippen molar-refractivity contribution in [2.24, 2.45) is 5.92 Å². The maximum Gasteiger partial charge on any atom is 1.00 e. The van der Waals surface area contributed by atoms with Gasteiger partial charge in [0, 0.05) is 0 Å². The van der Waals surface area contributed by atoms with Crippen LogP contribution in [-0.4, -0.2) is 13.1 Å². The van der Waals surface area contributed by atoms with Gasteiger partial charge in [-0.1, -0.05) is 43.2 Å². The second-order valence-corrected chi connectivity index (χ2v) is 3.80. The molecule has 70 valence electrons. The van der Waals surface area contributed by atoms with Crippen molar-refractivity contribution in [2.75, 3.05) is 13.1 Å². The molecule has 0 unspecified atom stereocenters. The monoisotopic (exact) mass is 181 g/mol. The average molecular weight is 181 g/mol. The van der Waals surface area contributed by atoms with Crippen molar-refractivity contribution >= 4 is 0 Å². The Labute approximate surface area is 98.5 Å². The molecule has 1 nitrogen and oxygen atoms in total. The van der Waals surface area contributed by atoms with Gasteiger partial charge >= 0.3 is 18.9 Å². The second-order valence-electron chi connectivity index (χ2n) is 3.80. The van der Waals surface area contributed by atoms with Gasteiger partial charge in [-0.2, -0.15) is 0 Å². The van der Waals surface area contributed by atoms with E-state index in [1.807, 2.05) is 0 Å². The molecule has 1 aliphatic heterocycles. The first-order chi connectivity index (χ1) is 6.45. The van der Waals surface area contributed by atoms with E-state index in [2.05, 4.69) is 35.6 Å². The summed E-state index contributed by atoms with van der Waals surface area (Å²) in [5.74, 6) is 0.875. The Morgan fingerprint density at radius 1 is 1.07 bits per heavy atom. The molecular weight excluding hydrogens is 165 g/mol. The zero-order valence-corrected chi connectivity index (χ0v) is 8.95. The van der Waals surface area contributed by atoms with Crippen LogP contribution in [0, 0.1) is 5.92 Å². The molecule has 2 heteroatoms. The van der Waals surface area contributed by atoms with Gasteiger partial charge < -0.3 is 5.32 Å². The van der Waals surface area contributed by atoms with E-state index in [0.717, 1.165) is 19.0 Å². The third-order valence-electron chi connectivity index (χ3n) is 2.76. The molecule has 2 rings (SSSR count). The molecule has 0 atom stereocenters. The Morgan fingerprint density at radius 3 is 2.36 bits per heavy atom. The van der Waals surface area contributed by atoms with E-state index in [9.17, 15) is 0 Å². The van der Waals surface area contributed by atoms with E-state index in [1.165, 1.54) is 24.8 Å².